The first-order valence-electron chi connectivity index (χ1n) is 2.86. The molecular formula is C5H10INO. The van der Waals surface area contributed by atoms with Crippen LogP contribution in [-0.2, 0) is 3.07 Å². The van der Waals surface area contributed by atoms with Gasteiger partial charge in [0.15, 0.2) is 0 Å². The Balaban J connectivity index is 2.22. The first-order chi connectivity index (χ1) is 3.83. The van der Waals surface area contributed by atoms with Gasteiger partial charge in [0, 0.05) is 6.04 Å². The lowest BCUT2D eigenvalue weighted by Crippen LogP contribution is -2.15. The molecule has 0 heterocycles. The molecular weight excluding hydrogens is 217 g/mol. The lowest BCUT2D eigenvalue weighted by atomic mass is 10.3. The summed E-state index contributed by atoms with van der Waals surface area (Å²) in [6.07, 6.45) is 3.76. The van der Waals surface area contributed by atoms with Crippen LogP contribution in [0.3, 0.4) is 0 Å². The minimum absolute atomic E-state index is 0.398. The van der Waals surface area contributed by atoms with Crippen molar-refractivity contribution < 1.29 is 3.07 Å². The van der Waals surface area contributed by atoms with Gasteiger partial charge in [0.1, 0.15) is 23.0 Å². The molecule has 8 heavy (non-hydrogen) atoms. The molecule has 1 aliphatic rings. The third-order valence-electron chi connectivity index (χ3n) is 1.55. The number of rotatable bonds is 1. The molecule has 0 aromatic heterocycles. The van der Waals surface area contributed by atoms with E-state index < -0.39 is 0 Å². The van der Waals surface area contributed by atoms with Crippen LogP contribution in [0, 0.1) is 0 Å². The van der Waals surface area contributed by atoms with Crippen molar-refractivity contribution in [3.8, 4) is 0 Å². The van der Waals surface area contributed by atoms with Gasteiger partial charge in [-0.25, -0.2) is 0 Å². The molecule has 1 aliphatic carbocycles. The highest BCUT2D eigenvalue weighted by molar-refractivity contribution is 14.1. The highest BCUT2D eigenvalue weighted by Gasteiger charge is 2.21. The van der Waals surface area contributed by atoms with E-state index in [1.165, 1.54) is 0 Å². The zero-order valence-corrected chi connectivity index (χ0v) is 6.80. The van der Waals surface area contributed by atoms with Crippen LogP contribution in [0.15, 0.2) is 0 Å². The first-order valence-corrected chi connectivity index (χ1v) is 3.74. The van der Waals surface area contributed by atoms with Gasteiger partial charge in [0.05, 0.1) is 6.10 Å². The van der Waals surface area contributed by atoms with Gasteiger partial charge in [-0.3, -0.25) is 0 Å². The zero-order valence-electron chi connectivity index (χ0n) is 4.64. The molecule has 0 saturated heterocycles. The average molecular weight is 227 g/mol. The molecule has 1 rings (SSSR count). The molecule has 48 valence electrons. The Morgan fingerprint density at radius 3 is 2.50 bits per heavy atom. The van der Waals surface area contributed by atoms with E-state index >= 15 is 0 Å². The van der Waals surface area contributed by atoms with Crippen molar-refractivity contribution in [2.24, 2.45) is 5.73 Å². The maximum absolute atomic E-state index is 5.62. The summed E-state index contributed by atoms with van der Waals surface area (Å²) < 4.78 is 5.07. The van der Waals surface area contributed by atoms with Crippen LogP contribution in [0.25, 0.3) is 0 Å². The summed E-state index contributed by atoms with van der Waals surface area (Å²) >= 11 is 1.94. The normalized spacial score (nSPS) is 38.2. The predicted molar refractivity (Wildman–Crippen MR) is 40.7 cm³/mol. The number of hydrogen-bond acceptors (Lipinski definition) is 2. The number of halogens is 1. The highest BCUT2D eigenvalue weighted by Crippen LogP contribution is 2.21. The van der Waals surface area contributed by atoms with Crippen LogP contribution in [-0.4, -0.2) is 12.1 Å². The second kappa shape index (κ2) is 2.98. The van der Waals surface area contributed by atoms with Gasteiger partial charge in [0.25, 0.3) is 0 Å². The molecule has 0 aliphatic heterocycles. The molecule has 2 N–H and O–H groups in total. The molecule has 0 spiro atoms. The van der Waals surface area contributed by atoms with Gasteiger partial charge in [-0.1, -0.05) is 0 Å². The van der Waals surface area contributed by atoms with Crippen molar-refractivity contribution >= 4 is 23.0 Å². The topological polar surface area (TPSA) is 35.2 Å². The van der Waals surface area contributed by atoms with Crippen molar-refractivity contribution in [2.45, 2.75) is 31.4 Å². The predicted octanol–water partition coefficient (Wildman–Crippen LogP) is 1.23. The fourth-order valence-corrected chi connectivity index (χ4v) is 1.52. The van der Waals surface area contributed by atoms with Crippen molar-refractivity contribution in [3.05, 3.63) is 0 Å². The van der Waals surface area contributed by atoms with Crippen LogP contribution in [0.4, 0.5) is 0 Å². The molecule has 1 fully saturated rings. The molecule has 0 bridgehead atoms. The standard InChI is InChI=1S/C5H10INO/c6-8-5-2-1-4(7)3-5/h4-5H,1-3,7H2. The van der Waals surface area contributed by atoms with E-state index in [4.69, 9.17) is 8.80 Å². The fourth-order valence-electron chi connectivity index (χ4n) is 1.05. The van der Waals surface area contributed by atoms with E-state index in [-0.39, 0.29) is 0 Å². The molecule has 0 aromatic carbocycles. The van der Waals surface area contributed by atoms with Gasteiger partial charge < -0.3 is 8.80 Å². The summed E-state index contributed by atoms with van der Waals surface area (Å²) in [5.74, 6) is 0. The molecule has 0 radical (unpaired) electrons. The summed E-state index contributed by atoms with van der Waals surface area (Å²) in [5, 5.41) is 0. The first kappa shape index (κ1) is 6.77. The largest absolute Gasteiger partial charge is 0.328 e. The van der Waals surface area contributed by atoms with Gasteiger partial charge >= 0.3 is 0 Å². The Labute approximate surface area is 63.5 Å². The molecule has 0 aromatic rings. The Morgan fingerprint density at radius 2 is 2.25 bits per heavy atom. The molecule has 2 atom stereocenters. The van der Waals surface area contributed by atoms with Crippen LogP contribution < -0.4 is 5.73 Å². The molecule has 3 heteroatoms. The van der Waals surface area contributed by atoms with Crippen molar-refractivity contribution in [3.63, 3.8) is 0 Å². The second-order valence-electron chi connectivity index (χ2n) is 2.28. The third-order valence-corrected chi connectivity index (χ3v) is 2.27. The second-order valence-corrected chi connectivity index (χ2v) is 2.79. The van der Waals surface area contributed by atoms with Crippen molar-refractivity contribution in [1.29, 1.82) is 0 Å². The summed E-state index contributed by atoms with van der Waals surface area (Å²) in [5.41, 5.74) is 5.62. The van der Waals surface area contributed by atoms with Gasteiger partial charge in [-0.2, -0.15) is 0 Å². The summed E-state index contributed by atoms with van der Waals surface area (Å²) in [6.45, 7) is 0. The van der Waals surface area contributed by atoms with E-state index in [2.05, 4.69) is 0 Å². The Kier molecular flexibility index (Phi) is 2.52. The smallest absolute Gasteiger partial charge is 0.110 e. The van der Waals surface area contributed by atoms with Crippen molar-refractivity contribution in [2.75, 3.05) is 0 Å². The molecule has 0 amide bonds. The monoisotopic (exact) mass is 227 g/mol. The van der Waals surface area contributed by atoms with Crippen LogP contribution in [0.2, 0.25) is 0 Å². The molecule has 1 saturated carbocycles. The molecule has 2 nitrogen and oxygen atoms in total. The van der Waals surface area contributed by atoms with Gasteiger partial charge in [-0.15, -0.1) is 0 Å². The minimum Gasteiger partial charge on any atom is -0.328 e. The minimum atomic E-state index is 0.398. The zero-order chi connectivity index (χ0) is 5.98. The third kappa shape index (κ3) is 1.56. The quantitative estimate of drug-likeness (QED) is 0.684. The lowest BCUT2D eigenvalue weighted by molar-refractivity contribution is 0.289. The van der Waals surface area contributed by atoms with E-state index in [0.29, 0.717) is 12.1 Å². The average Bonchev–Trinajstić information content (AvgIpc) is 2.14. The lowest BCUT2D eigenvalue weighted by Gasteiger charge is -2.01. The highest BCUT2D eigenvalue weighted by atomic mass is 127. The summed E-state index contributed by atoms with van der Waals surface area (Å²) in [6, 6.07) is 0.398. The van der Waals surface area contributed by atoms with E-state index in [9.17, 15) is 0 Å². The Bertz CT molecular complexity index is 78.8. The maximum atomic E-state index is 5.62. The van der Waals surface area contributed by atoms with Gasteiger partial charge in [-0.05, 0) is 19.3 Å². The number of hydrogen-bond donors (Lipinski definition) is 1. The van der Waals surface area contributed by atoms with Crippen LogP contribution in [0.5, 0.6) is 0 Å². The van der Waals surface area contributed by atoms with Crippen LogP contribution >= 0.6 is 23.0 Å². The Hall–Kier alpha value is 0.650. The van der Waals surface area contributed by atoms with E-state index in [1.54, 1.807) is 0 Å². The summed E-state index contributed by atoms with van der Waals surface area (Å²) in [7, 11) is 0. The van der Waals surface area contributed by atoms with Gasteiger partial charge in [0.2, 0.25) is 0 Å². The van der Waals surface area contributed by atoms with Crippen molar-refractivity contribution in [1.82, 2.24) is 0 Å². The van der Waals surface area contributed by atoms with Crippen LogP contribution in [0.1, 0.15) is 19.3 Å². The Morgan fingerprint density at radius 1 is 1.50 bits per heavy atom. The fraction of sp³-hybridized carbons (Fsp3) is 1.00. The maximum Gasteiger partial charge on any atom is 0.110 e. The SMILES string of the molecule is NC1CCC(OI)C1. The molecule has 2 unspecified atom stereocenters. The van der Waals surface area contributed by atoms with E-state index in [1.807, 2.05) is 23.0 Å². The number of nitrogens with two attached hydrogens (primary N) is 1. The van der Waals surface area contributed by atoms with E-state index in [0.717, 1.165) is 19.3 Å². The summed E-state index contributed by atoms with van der Waals surface area (Å²) in [4.78, 5) is 0.